The van der Waals surface area contributed by atoms with Gasteiger partial charge in [-0.05, 0) is 77.7 Å². The molecular weight excluding hydrogens is 576 g/mol. The molecule has 0 amide bonds. The van der Waals surface area contributed by atoms with Crippen molar-refractivity contribution < 1.29 is 28.4 Å². The molecule has 0 aliphatic carbocycles. The Morgan fingerprint density at radius 1 is 0.630 bits per heavy atom. The Morgan fingerprint density at radius 2 is 1.04 bits per heavy atom. The maximum atomic E-state index is 6.19. The largest absolute Gasteiger partial charge is 0.457 e. The van der Waals surface area contributed by atoms with Crippen LogP contribution in [0.2, 0.25) is 0 Å². The van der Waals surface area contributed by atoms with E-state index < -0.39 is 0 Å². The summed E-state index contributed by atoms with van der Waals surface area (Å²) in [5.74, 6) is 3.19. The molecule has 2 saturated heterocycles. The lowest BCUT2D eigenvalue weighted by atomic mass is 9.72. The number of rotatable bonds is 12. The molecule has 0 spiro atoms. The number of methoxy groups -OCH3 is 2. The van der Waals surface area contributed by atoms with E-state index in [2.05, 4.69) is 83.1 Å². The lowest BCUT2D eigenvalue weighted by Gasteiger charge is -2.52. The number of hydrogen-bond acceptors (Lipinski definition) is 6. The second-order valence-electron chi connectivity index (χ2n) is 13.9. The smallest absolute Gasteiger partial charge is 0.127 e. The van der Waals surface area contributed by atoms with Crippen molar-refractivity contribution in [1.29, 1.82) is 0 Å². The van der Waals surface area contributed by atoms with Gasteiger partial charge >= 0.3 is 0 Å². The van der Waals surface area contributed by atoms with E-state index in [0.717, 1.165) is 34.1 Å². The van der Waals surface area contributed by atoms with Crippen LogP contribution >= 0.6 is 0 Å². The summed E-state index contributed by atoms with van der Waals surface area (Å²) in [5, 5.41) is 0. The first-order valence-corrected chi connectivity index (χ1v) is 16.1. The van der Waals surface area contributed by atoms with Gasteiger partial charge in [0.25, 0.3) is 0 Å². The Bertz CT molecular complexity index is 1600. The van der Waals surface area contributed by atoms with Gasteiger partial charge in [0, 0.05) is 30.5 Å². The third-order valence-electron chi connectivity index (χ3n) is 10.00. The zero-order chi connectivity index (χ0) is 32.5. The maximum Gasteiger partial charge on any atom is 0.127 e. The van der Waals surface area contributed by atoms with Gasteiger partial charge in [-0.25, -0.2) is 0 Å². The predicted molar refractivity (Wildman–Crippen MR) is 180 cm³/mol. The van der Waals surface area contributed by atoms with Crippen LogP contribution in [0.3, 0.4) is 0 Å². The topological polar surface area (TPSA) is 55.4 Å². The third-order valence-corrected chi connectivity index (χ3v) is 10.00. The summed E-state index contributed by atoms with van der Waals surface area (Å²) in [5.41, 5.74) is 4.46. The molecule has 2 heterocycles. The van der Waals surface area contributed by atoms with E-state index in [1.807, 2.05) is 48.5 Å². The summed E-state index contributed by atoms with van der Waals surface area (Å²) in [6.07, 6.45) is 0.235. The first-order chi connectivity index (χ1) is 22.1. The molecule has 0 saturated carbocycles. The second-order valence-corrected chi connectivity index (χ2v) is 13.9. The van der Waals surface area contributed by atoms with Crippen LogP contribution < -0.4 is 9.47 Å². The molecule has 6 heteroatoms. The maximum absolute atomic E-state index is 6.19. The van der Waals surface area contributed by atoms with E-state index in [1.54, 1.807) is 14.2 Å². The van der Waals surface area contributed by atoms with E-state index >= 15 is 0 Å². The average Bonchev–Trinajstić information content (AvgIpc) is 3.05. The second kappa shape index (κ2) is 12.8. The molecule has 242 valence electrons. The van der Waals surface area contributed by atoms with E-state index in [0.29, 0.717) is 19.8 Å². The standard InChI is InChI=1S/C40H46O6/c1-27-40(5,26-42-7)37(44-27)29-10-18-33(19-11-29)46-35-22-14-31(15-23-35)38(2,3)30-12-20-34(21-13-30)45-32-16-8-28(9-17-32)36-39(4,24-41-6)25-43-36/h8-23,27,36-37H,24-26H2,1-7H3. The fourth-order valence-electron chi connectivity index (χ4n) is 6.76. The highest BCUT2D eigenvalue weighted by Crippen LogP contribution is 2.51. The summed E-state index contributed by atoms with van der Waals surface area (Å²) < 4.78 is 35.1. The minimum absolute atomic E-state index is 0.0114. The molecule has 46 heavy (non-hydrogen) atoms. The third kappa shape index (κ3) is 6.19. The Hall–Kier alpha value is -3.68. The first kappa shape index (κ1) is 32.3. The van der Waals surface area contributed by atoms with Crippen LogP contribution in [-0.4, -0.2) is 40.1 Å². The SMILES string of the molecule is COCC1(C)COC1c1ccc(Oc2ccc(C(C)(C)c3ccc(Oc4ccc(C5OC(C)C5(C)COC)cc4)cc3)cc2)cc1. The molecule has 0 bridgehead atoms. The average molecular weight is 623 g/mol. The molecule has 5 unspecified atom stereocenters. The van der Waals surface area contributed by atoms with Gasteiger partial charge in [0.1, 0.15) is 23.0 Å². The molecule has 2 aliphatic rings. The Kier molecular flexibility index (Phi) is 9.01. The predicted octanol–water partition coefficient (Wildman–Crippen LogP) is 9.43. The van der Waals surface area contributed by atoms with Gasteiger partial charge in [-0.1, -0.05) is 76.2 Å². The van der Waals surface area contributed by atoms with Gasteiger partial charge in [-0.3, -0.25) is 0 Å². The number of hydrogen-bond donors (Lipinski definition) is 0. The van der Waals surface area contributed by atoms with Crippen LogP contribution in [-0.2, 0) is 24.4 Å². The lowest BCUT2D eigenvalue weighted by Crippen LogP contribution is -2.53. The summed E-state index contributed by atoms with van der Waals surface area (Å²) in [6, 6.07) is 33.0. The highest BCUT2D eigenvalue weighted by atomic mass is 16.5. The molecule has 6 rings (SSSR count). The van der Waals surface area contributed by atoms with Crippen LogP contribution in [0.15, 0.2) is 97.1 Å². The van der Waals surface area contributed by atoms with Gasteiger partial charge < -0.3 is 28.4 Å². The monoisotopic (exact) mass is 622 g/mol. The Balaban J connectivity index is 1.06. The summed E-state index contributed by atoms with van der Waals surface area (Å²) >= 11 is 0. The highest BCUT2D eigenvalue weighted by molar-refractivity contribution is 5.44. The van der Waals surface area contributed by atoms with Gasteiger partial charge in [0.05, 0.1) is 38.1 Å². The Morgan fingerprint density at radius 3 is 1.41 bits per heavy atom. The molecule has 4 aromatic carbocycles. The number of benzene rings is 4. The van der Waals surface area contributed by atoms with E-state index in [9.17, 15) is 0 Å². The Labute approximate surface area is 273 Å². The molecule has 0 aromatic heterocycles. The van der Waals surface area contributed by atoms with Crippen molar-refractivity contribution in [3.05, 3.63) is 119 Å². The molecule has 4 aromatic rings. The van der Waals surface area contributed by atoms with Gasteiger partial charge in [0.15, 0.2) is 0 Å². The molecule has 2 aliphatic heterocycles. The lowest BCUT2D eigenvalue weighted by molar-refractivity contribution is -0.255. The van der Waals surface area contributed by atoms with Crippen molar-refractivity contribution in [3.63, 3.8) is 0 Å². The molecular formula is C40H46O6. The van der Waals surface area contributed by atoms with Crippen molar-refractivity contribution in [3.8, 4) is 23.0 Å². The van der Waals surface area contributed by atoms with Gasteiger partial charge in [-0.2, -0.15) is 0 Å². The molecule has 2 fully saturated rings. The summed E-state index contributed by atoms with van der Waals surface area (Å²) in [7, 11) is 3.48. The minimum Gasteiger partial charge on any atom is -0.457 e. The molecule has 6 nitrogen and oxygen atoms in total. The fraction of sp³-hybridized carbons (Fsp3) is 0.400. The van der Waals surface area contributed by atoms with E-state index in [1.165, 1.54) is 11.1 Å². The molecule has 5 atom stereocenters. The van der Waals surface area contributed by atoms with Crippen molar-refractivity contribution >= 4 is 0 Å². The van der Waals surface area contributed by atoms with Crippen LogP contribution in [0.5, 0.6) is 23.0 Å². The fourth-order valence-corrected chi connectivity index (χ4v) is 6.76. The normalized spacial score (nSPS) is 25.8. The zero-order valence-corrected chi connectivity index (χ0v) is 28.0. The molecule has 0 N–H and O–H groups in total. The van der Waals surface area contributed by atoms with E-state index in [4.69, 9.17) is 28.4 Å². The van der Waals surface area contributed by atoms with Crippen LogP contribution in [0.25, 0.3) is 0 Å². The van der Waals surface area contributed by atoms with Crippen LogP contribution in [0, 0.1) is 10.8 Å². The van der Waals surface area contributed by atoms with Crippen molar-refractivity contribution in [1.82, 2.24) is 0 Å². The molecule has 0 radical (unpaired) electrons. The zero-order valence-electron chi connectivity index (χ0n) is 28.0. The van der Waals surface area contributed by atoms with Crippen molar-refractivity contribution in [2.24, 2.45) is 10.8 Å². The minimum atomic E-state index is -0.202. The van der Waals surface area contributed by atoms with Gasteiger partial charge in [0.2, 0.25) is 0 Å². The highest BCUT2D eigenvalue weighted by Gasteiger charge is 2.51. The van der Waals surface area contributed by atoms with Crippen molar-refractivity contribution in [2.75, 3.05) is 34.0 Å². The van der Waals surface area contributed by atoms with Crippen LogP contribution in [0.1, 0.15) is 69.1 Å². The summed E-state index contributed by atoms with van der Waals surface area (Å²) in [4.78, 5) is 0. The van der Waals surface area contributed by atoms with Crippen LogP contribution in [0.4, 0.5) is 0 Å². The van der Waals surface area contributed by atoms with Gasteiger partial charge in [-0.15, -0.1) is 0 Å². The first-order valence-electron chi connectivity index (χ1n) is 16.1. The van der Waals surface area contributed by atoms with Crippen molar-refractivity contribution in [2.45, 2.75) is 58.3 Å². The van der Waals surface area contributed by atoms with E-state index in [-0.39, 0.29) is 34.6 Å². The quantitative estimate of drug-likeness (QED) is 0.157. The number of ether oxygens (including phenoxy) is 6. The summed E-state index contributed by atoms with van der Waals surface area (Å²) in [6.45, 7) is 13.0.